The molecule has 0 aliphatic heterocycles. The molecule has 0 aliphatic rings. The van der Waals surface area contributed by atoms with Crippen molar-refractivity contribution in [1.82, 2.24) is 0 Å². The molecule has 0 fully saturated rings. The number of carboxylic acid groups (broad SMARTS) is 1. The first-order chi connectivity index (χ1) is 8.38. The Morgan fingerprint density at radius 3 is 2.33 bits per heavy atom. The first-order valence-electron chi connectivity index (χ1n) is 5.49. The summed E-state index contributed by atoms with van der Waals surface area (Å²) < 4.78 is 5.65. The van der Waals surface area contributed by atoms with Gasteiger partial charge in [-0.1, -0.05) is 13.8 Å². The SMILES string of the molecule is COc1ccc(C(=O)C(C)C(C)C(=O)O)c(Br)c1. The van der Waals surface area contributed by atoms with Gasteiger partial charge in [0, 0.05) is 16.0 Å². The van der Waals surface area contributed by atoms with Crippen LogP contribution in [0.5, 0.6) is 5.75 Å². The summed E-state index contributed by atoms with van der Waals surface area (Å²) in [5.41, 5.74) is 0.469. The Morgan fingerprint density at radius 2 is 1.89 bits per heavy atom. The lowest BCUT2D eigenvalue weighted by molar-refractivity contribution is -0.142. The fourth-order valence-electron chi connectivity index (χ4n) is 1.51. The van der Waals surface area contributed by atoms with E-state index in [2.05, 4.69) is 15.9 Å². The third-order valence-electron chi connectivity index (χ3n) is 2.99. The molecule has 5 heteroatoms. The van der Waals surface area contributed by atoms with E-state index in [0.29, 0.717) is 15.8 Å². The van der Waals surface area contributed by atoms with Crippen molar-refractivity contribution in [1.29, 1.82) is 0 Å². The second-order valence-corrected chi connectivity index (χ2v) is 4.98. The van der Waals surface area contributed by atoms with Gasteiger partial charge < -0.3 is 9.84 Å². The highest BCUT2D eigenvalue weighted by Crippen LogP contribution is 2.27. The summed E-state index contributed by atoms with van der Waals surface area (Å²) in [7, 11) is 1.54. The van der Waals surface area contributed by atoms with Crippen LogP contribution >= 0.6 is 15.9 Å². The summed E-state index contributed by atoms with van der Waals surface area (Å²) in [6.45, 7) is 3.15. The van der Waals surface area contributed by atoms with E-state index < -0.39 is 17.8 Å². The molecule has 98 valence electrons. The first-order valence-corrected chi connectivity index (χ1v) is 6.28. The number of methoxy groups -OCH3 is 1. The van der Waals surface area contributed by atoms with Crippen LogP contribution in [0.1, 0.15) is 24.2 Å². The van der Waals surface area contributed by atoms with Gasteiger partial charge in [0.1, 0.15) is 5.75 Å². The van der Waals surface area contributed by atoms with E-state index >= 15 is 0 Å². The van der Waals surface area contributed by atoms with E-state index in [4.69, 9.17) is 9.84 Å². The molecule has 1 N–H and O–H groups in total. The van der Waals surface area contributed by atoms with Gasteiger partial charge in [-0.2, -0.15) is 0 Å². The van der Waals surface area contributed by atoms with Crippen LogP contribution in [0, 0.1) is 11.8 Å². The van der Waals surface area contributed by atoms with Crippen LogP contribution in [-0.4, -0.2) is 24.0 Å². The molecule has 0 radical (unpaired) electrons. The number of carboxylic acids is 1. The first kappa shape index (κ1) is 14.7. The largest absolute Gasteiger partial charge is 0.497 e. The second-order valence-electron chi connectivity index (χ2n) is 4.13. The quantitative estimate of drug-likeness (QED) is 0.849. The summed E-state index contributed by atoms with van der Waals surface area (Å²) in [4.78, 5) is 23.1. The fraction of sp³-hybridized carbons (Fsp3) is 0.385. The predicted molar refractivity (Wildman–Crippen MR) is 71.0 cm³/mol. The molecule has 4 nitrogen and oxygen atoms in total. The minimum Gasteiger partial charge on any atom is -0.497 e. The molecule has 1 aromatic carbocycles. The molecule has 0 amide bonds. The van der Waals surface area contributed by atoms with Crippen molar-refractivity contribution in [2.45, 2.75) is 13.8 Å². The molecule has 0 bridgehead atoms. The number of ketones is 1. The smallest absolute Gasteiger partial charge is 0.306 e. The Kier molecular flexibility index (Phi) is 4.90. The highest BCUT2D eigenvalue weighted by molar-refractivity contribution is 9.10. The van der Waals surface area contributed by atoms with Crippen molar-refractivity contribution in [3.05, 3.63) is 28.2 Å². The summed E-state index contributed by atoms with van der Waals surface area (Å²) in [5.74, 6) is -1.82. The monoisotopic (exact) mass is 314 g/mol. The van der Waals surface area contributed by atoms with Crippen molar-refractivity contribution >= 4 is 27.7 Å². The van der Waals surface area contributed by atoms with Crippen LogP contribution in [0.25, 0.3) is 0 Å². The maximum atomic E-state index is 12.2. The van der Waals surface area contributed by atoms with Crippen molar-refractivity contribution < 1.29 is 19.4 Å². The molecular weight excluding hydrogens is 300 g/mol. The van der Waals surface area contributed by atoms with Gasteiger partial charge in [-0.25, -0.2) is 0 Å². The molecule has 0 saturated carbocycles. The van der Waals surface area contributed by atoms with Crippen LogP contribution in [0.3, 0.4) is 0 Å². The topological polar surface area (TPSA) is 63.6 Å². The van der Waals surface area contributed by atoms with Gasteiger partial charge in [-0.05, 0) is 34.1 Å². The van der Waals surface area contributed by atoms with Crippen LogP contribution < -0.4 is 4.74 Å². The van der Waals surface area contributed by atoms with Crippen LogP contribution in [-0.2, 0) is 4.79 Å². The van der Waals surface area contributed by atoms with Gasteiger partial charge >= 0.3 is 5.97 Å². The number of halogens is 1. The number of Topliss-reactive ketones (excluding diaryl/α,β-unsaturated/α-hetero) is 1. The average Bonchev–Trinajstić information content (AvgIpc) is 2.35. The van der Waals surface area contributed by atoms with E-state index in [-0.39, 0.29) is 5.78 Å². The molecule has 2 atom stereocenters. The summed E-state index contributed by atoms with van der Waals surface area (Å²) >= 11 is 3.29. The number of hydrogen-bond donors (Lipinski definition) is 1. The van der Waals surface area contributed by atoms with Crippen LogP contribution in [0.4, 0.5) is 0 Å². The predicted octanol–water partition coefficient (Wildman–Crippen LogP) is 3.00. The van der Waals surface area contributed by atoms with Crippen molar-refractivity contribution in [2.24, 2.45) is 11.8 Å². The molecular formula is C13H15BrO4. The molecule has 0 saturated heterocycles. The highest BCUT2D eigenvalue weighted by atomic mass is 79.9. The van der Waals surface area contributed by atoms with E-state index in [1.807, 2.05) is 0 Å². The Morgan fingerprint density at radius 1 is 1.28 bits per heavy atom. The third-order valence-corrected chi connectivity index (χ3v) is 3.65. The Balaban J connectivity index is 3.00. The fourth-order valence-corrected chi connectivity index (χ4v) is 2.06. The van der Waals surface area contributed by atoms with Crippen molar-refractivity contribution in [3.63, 3.8) is 0 Å². The maximum Gasteiger partial charge on any atom is 0.306 e. The van der Waals surface area contributed by atoms with Gasteiger partial charge in [0.15, 0.2) is 5.78 Å². The van der Waals surface area contributed by atoms with E-state index in [0.717, 1.165) is 0 Å². The van der Waals surface area contributed by atoms with E-state index in [1.165, 1.54) is 6.92 Å². The highest BCUT2D eigenvalue weighted by Gasteiger charge is 2.27. The maximum absolute atomic E-state index is 12.2. The Hall–Kier alpha value is -1.36. The lowest BCUT2D eigenvalue weighted by Crippen LogP contribution is -2.25. The average molecular weight is 315 g/mol. The molecule has 0 heterocycles. The summed E-state index contributed by atoms with van der Waals surface area (Å²) in [6, 6.07) is 5.00. The second kappa shape index (κ2) is 6.00. The lowest BCUT2D eigenvalue weighted by atomic mass is 9.88. The van der Waals surface area contributed by atoms with Gasteiger partial charge in [-0.3, -0.25) is 9.59 Å². The number of rotatable bonds is 5. The molecule has 2 unspecified atom stereocenters. The number of benzene rings is 1. The van der Waals surface area contributed by atoms with Crippen molar-refractivity contribution in [3.8, 4) is 5.75 Å². The molecule has 0 spiro atoms. The van der Waals surface area contributed by atoms with E-state index in [9.17, 15) is 9.59 Å². The minimum atomic E-state index is -0.972. The number of carbonyl (C=O) groups excluding carboxylic acids is 1. The van der Waals surface area contributed by atoms with Gasteiger partial charge in [0.05, 0.1) is 13.0 Å². The Bertz CT molecular complexity index is 470. The normalized spacial score (nSPS) is 13.8. The molecule has 0 aliphatic carbocycles. The standard InChI is InChI=1S/C13H15BrO4/c1-7(8(2)13(16)17)12(15)10-5-4-9(18-3)6-11(10)14/h4-8H,1-3H3,(H,16,17). The van der Waals surface area contributed by atoms with Gasteiger partial charge in [-0.15, -0.1) is 0 Å². The Labute approximate surface area is 114 Å². The molecule has 0 aromatic heterocycles. The zero-order valence-electron chi connectivity index (χ0n) is 10.4. The minimum absolute atomic E-state index is 0.195. The lowest BCUT2D eigenvalue weighted by Gasteiger charge is -2.15. The van der Waals surface area contributed by atoms with Crippen LogP contribution in [0.2, 0.25) is 0 Å². The van der Waals surface area contributed by atoms with Gasteiger partial charge in [0.25, 0.3) is 0 Å². The number of carbonyl (C=O) groups is 2. The van der Waals surface area contributed by atoms with E-state index in [1.54, 1.807) is 32.2 Å². The third kappa shape index (κ3) is 3.10. The van der Waals surface area contributed by atoms with Crippen molar-refractivity contribution in [2.75, 3.05) is 7.11 Å². The zero-order chi connectivity index (χ0) is 13.9. The number of hydrogen-bond acceptors (Lipinski definition) is 3. The van der Waals surface area contributed by atoms with Crippen LogP contribution in [0.15, 0.2) is 22.7 Å². The molecule has 1 aromatic rings. The van der Waals surface area contributed by atoms with Gasteiger partial charge in [0.2, 0.25) is 0 Å². The number of aliphatic carboxylic acids is 1. The molecule has 18 heavy (non-hydrogen) atoms. The summed E-state index contributed by atoms with van der Waals surface area (Å²) in [6.07, 6.45) is 0. The zero-order valence-corrected chi connectivity index (χ0v) is 12.0. The number of ether oxygens (including phenoxy) is 1. The molecule has 1 rings (SSSR count). The summed E-state index contributed by atoms with van der Waals surface area (Å²) in [5, 5.41) is 8.92.